The Labute approximate surface area is 108 Å². The normalized spacial score (nSPS) is 11.2. The number of rotatable bonds is 5. The van der Waals surface area contributed by atoms with Crippen LogP contribution in [0.3, 0.4) is 0 Å². The minimum Gasteiger partial charge on any atom is -0.385 e. The first-order chi connectivity index (χ1) is 8.84. The number of amides is 1. The quantitative estimate of drug-likeness (QED) is 0.813. The lowest BCUT2D eigenvalue weighted by Crippen LogP contribution is -2.24. The van der Waals surface area contributed by atoms with Crippen molar-refractivity contribution in [2.75, 3.05) is 18.4 Å². The van der Waals surface area contributed by atoms with Crippen molar-refractivity contribution in [2.45, 2.75) is 19.5 Å². The van der Waals surface area contributed by atoms with Crippen molar-refractivity contribution in [3.63, 3.8) is 0 Å². The molecule has 1 rings (SSSR count). The second-order valence-corrected chi connectivity index (χ2v) is 3.82. The van der Waals surface area contributed by atoms with Gasteiger partial charge in [-0.25, -0.2) is 4.39 Å². The predicted molar refractivity (Wildman–Crippen MR) is 63.2 cm³/mol. The Morgan fingerprint density at radius 1 is 1.32 bits per heavy atom. The molecule has 0 bridgehead atoms. The highest BCUT2D eigenvalue weighted by Gasteiger charge is 2.34. The summed E-state index contributed by atoms with van der Waals surface area (Å²) in [6.45, 7) is 2.43. The van der Waals surface area contributed by atoms with Crippen LogP contribution in [0.1, 0.15) is 18.9 Å². The summed E-state index contributed by atoms with van der Waals surface area (Å²) in [5.41, 5.74) is -1.20. The molecule has 0 fully saturated rings. The first kappa shape index (κ1) is 15.3. The Balaban J connectivity index is 2.63. The average molecular weight is 278 g/mol. The van der Waals surface area contributed by atoms with Crippen LogP contribution in [0.5, 0.6) is 0 Å². The fourth-order valence-electron chi connectivity index (χ4n) is 1.46. The lowest BCUT2D eigenvalue weighted by Gasteiger charge is -2.11. The van der Waals surface area contributed by atoms with Gasteiger partial charge in [-0.1, -0.05) is 0 Å². The van der Waals surface area contributed by atoms with Gasteiger partial charge in [-0.2, -0.15) is 13.2 Å². The van der Waals surface area contributed by atoms with Crippen molar-refractivity contribution in [3.05, 3.63) is 29.6 Å². The van der Waals surface area contributed by atoms with E-state index in [1.165, 1.54) is 6.07 Å². The van der Waals surface area contributed by atoms with Crippen LogP contribution < -0.4 is 10.6 Å². The second kappa shape index (κ2) is 6.40. The van der Waals surface area contributed by atoms with Crippen LogP contribution in [0.4, 0.5) is 23.2 Å². The topological polar surface area (TPSA) is 41.1 Å². The van der Waals surface area contributed by atoms with Gasteiger partial charge in [0, 0.05) is 25.2 Å². The summed E-state index contributed by atoms with van der Waals surface area (Å²) >= 11 is 0. The molecule has 0 atom stereocenters. The first-order valence-electron chi connectivity index (χ1n) is 5.72. The van der Waals surface area contributed by atoms with Crippen LogP contribution in [0, 0.1) is 5.82 Å². The van der Waals surface area contributed by atoms with Gasteiger partial charge in [0.25, 0.3) is 0 Å². The van der Waals surface area contributed by atoms with Crippen LogP contribution in [0.2, 0.25) is 0 Å². The maximum atomic E-state index is 13.0. The number of anilines is 1. The van der Waals surface area contributed by atoms with Gasteiger partial charge >= 0.3 is 6.18 Å². The smallest absolute Gasteiger partial charge is 0.385 e. The number of hydrogen-bond donors (Lipinski definition) is 2. The Hall–Kier alpha value is -1.79. The molecule has 106 valence electrons. The molecule has 1 amide bonds. The Morgan fingerprint density at radius 3 is 2.58 bits per heavy atom. The fourth-order valence-corrected chi connectivity index (χ4v) is 1.46. The fraction of sp³-hybridized carbons (Fsp3) is 0.417. The maximum absolute atomic E-state index is 13.0. The molecule has 0 spiro atoms. The largest absolute Gasteiger partial charge is 0.419 e. The second-order valence-electron chi connectivity index (χ2n) is 3.82. The number of benzene rings is 1. The van der Waals surface area contributed by atoms with Gasteiger partial charge in [-0.3, -0.25) is 4.79 Å². The van der Waals surface area contributed by atoms with Crippen molar-refractivity contribution in [2.24, 2.45) is 0 Å². The van der Waals surface area contributed by atoms with Crippen LogP contribution >= 0.6 is 0 Å². The third-order valence-electron chi connectivity index (χ3n) is 2.33. The predicted octanol–water partition coefficient (Wildman–Crippen LogP) is 2.78. The highest BCUT2D eigenvalue weighted by atomic mass is 19.4. The summed E-state index contributed by atoms with van der Waals surface area (Å²) in [5.74, 6) is -1.52. The molecule has 0 aliphatic rings. The van der Waals surface area contributed by atoms with Crippen molar-refractivity contribution < 1.29 is 22.4 Å². The van der Waals surface area contributed by atoms with E-state index in [4.69, 9.17) is 0 Å². The summed E-state index contributed by atoms with van der Waals surface area (Å²) in [6, 6.07) is 2.63. The van der Waals surface area contributed by atoms with Crippen LogP contribution in [-0.4, -0.2) is 19.0 Å². The maximum Gasteiger partial charge on any atom is 0.419 e. The van der Waals surface area contributed by atoms with Gasteiger partial charge in [0.05, 0.1) is 5.56 Å². The summed E-state index contributed by atoms with van der Waals surface area (Å²) in [7, 11) is 0. The Kier molecular flexibility index (Phi) is 5.14. The first-order valence-corrected chi connectivity index (χ1v) is 5.72. The molecule has 2 N–H and O–H groups in total. The van der Waals surface area contributed by atoms with E-state index in [9.17, 15) is 22.4 Å². The van der Waals surface area contributed by atoms with Gasteiger partial charge < -0.3 is 10.6 Å². The Bertz CT molecular complexity index is 446. The molecule has 7 heteroatoms. The molecule has 1 aromatic carbocycles. The van der Waals surface area contributed by atoms with Crippen molar-refractivity contribution in [3.8, 4) is 0 Å². The highest BCUT2D eigenvalue weighted by molar-refractivity contribution is 5.76. The third-order valence-corrected chi connectivity index (χ3v) is 2.33. The van der Waals surface area contributed by atoms with E-state index in [2.05, 4.69) is 10.6 Å². The molecular weight excluding hydrogens is 264 g/mol. The zero-order chi connectivity index (χ0) is 14.5. The summed E-state index contributed by atoms with van der Waals surface area (Å²) < 4.78 is 50.3. The van der Waals surface area contributed by atoms with Crippen LogP contribution in [0.15, 0.2) is 18.2 Å². The molecule has 0 aliphatic heterocycles. The van der Waals surface area contributed by atoms with Crippen molar-refractivity contribution in [1.29, 1.82) is 0 Å². The van der Waals surface area contributed by atoms with E-state index in [1.807, 2.05) is 0 Å². The van der Waals surface area contributed by atoms with E-state index in [-0.39, 0.29) is 24.6 Å². The molecule has 0 heterocycles. The average Bonchev–Trinajstić information content (AvgIpc) is 2.30. The molecule has 19 heavy (non-hydrogen) atoms. The molecule has 3 nitrogen and oxygen atoms in total. The third kappa shape index (κ3) is 4.76. The van der Waals surface area contributed by atoms with E-state index >= 15 is 0 Å². The molecule has 0 saturated carbocycles. The number of carbonyl (C=O) groups is 1. The van der Waals surface area contributed by atoms with Crippen LogP contribution in [0.25, 0.3) is 0 Å². The number of carbonyl (C=O) groups excluding carboxylic acids is 1. The van der Waals surface area contributed by atoms with Gasteiger partial charge in [0.2, 0.25) is 5.91 Å². The highest BCUT2D eigenvalue weighted by Crippen LogP contribution is 2.32. The van der Waals surface area contributed by atoms with Gasteiger partial charge in [-0.15, -0.1) is 0 Å². The number of hydrogen-bond acceptors (Lipinski definition) is 2. The molecule has 0 aromatic heterocycles. The lowest BCUT2D eigenvalue weighted by molar-refractivity contribution is -0.140. The van der Waals surface area contributed by atoms with Crippen molar-refractivity contribution in [1.82, 2.24) is 5.32 Å². The standard InChI is InChI=1S/C12H14F4N2O/c1-2-17-11(19)5-6-18-8-3-4-10(13)9(7-8)12(14,15)16/h3-4,7,18H,2,5-6H2,1H3,(H,17,19). The van der Waals surface area contributed by atoms with E-state index in [0.29, 0.717) is 12.6 Å². The molecule has 0 unspecified atom stereocenters. The van der Waals surface area contributed by atoms with Gasteiger partial charge in [0.1, 0.15) is 5.82 Å². The minimum absolute atomic E-state index is 0.123. The zero-order valence-corrected chi connectivity index (χ0v) is 10.3. The van der Waals surface area contributed by atoms with Gasteiger partial charge in [-0.05, 0) is 25.1 Å². The monoisotopic (exact) mass is 278 g/mol. The zero-order valence-electron chi connectivity index (χ0n) is 10.3. The molecule has 1 aromatic rings. The van der Waals surface area contributed by atoms with Crippen molar-refractivity contribution >= 4 is 11.6 Å². The van der Waals surface area contributed by atoms with Gasteiger partial charge in [0.15, 0.2) is 0 Å². The molecular formula is C12H14F4N2O. The lowest BCUT2D eigenvalue weighted by atomic mass is 10.2. The minimum atomic E-state index is -4.73. The van der Waals surface area contributed by atoms with E-state index in [0.717, 1.165) is 6.07 Å². The molecule has 0 aliphatic carbocycles. The Morgan fingerprint density at radius 2 is 2.00 bits per heavy atom. The SMILES string of the molecule is CCNC(=O)CCNc1ccc(F)c(C(F)(F)F)c1. The van der Waals surface area contributed by atoms with E-state index < -0.39 is 17.6 Å². The summed E-state index contributed by atoms with van der Waals surface area (Å²) in [4.78, 5) is 11.1. The molecule has 0 saturated heterocycles. The van der Waals surface area contributed by atoms with Crippen LogP contribution in [-0.2, 0) is 11.0 Å². The van der Waals surface area contributed by atoms with E-state index in [1.54, 1.807) is 6.92 Å². The summed E-state index contributed by atoms with van der Waals surface area (Å²) in [5, 5.41) is 5.20. The number of halogens is 4. The summed E-state index contributed by atoms with van der Waals surface area (Å²) in [6.07, 6.45) is -4.60. The number of alkyl halides is 3. The number of nitrogens with one attached hydrogen (secondary N) is 2. The molecule has 0 radical (unpaired) electrons.